The number of hydrogen-bond acceptors (Lipinski definition) is 5. The highest BCUT2D eigenvalue weighted by atomic mass is 16.3. The van der Waals surface area contributed by atoms with Crippen molar-refractivity contribution >= 4 is 11.6 Å². The monoisotopic (exact) mass is 288 g/mol. The molecule has 0 unspecified atom stereocenters. The molecule has 1 aliphatic heterocycles. The van der Waals surface area contributed by atoms with E-state index in [1.54, 1.807) is 0 Å². The maximum Gasteiger partial charge on any atom is 0.246 e. The second-order valence-corrected chi connectivity index (χ2v) is 5.53. The Morgan fingerprint density at radius 3 is 2.67 bits per heavy atom. The van der Waals surface area contributed by atoms with Gasteiger partial charge in [-0.05, 0) is 38.7 Å². The van der Waals surface area contributed by atoms with E-state index in [-0.39, 0.29) is 5.92 Å². The summed E-state index contributed by atoms with van der Waals surface area (Å²) in [5, 5.41) is 19.1. The normalized spacial score (nSPS) is 17.3. The average molecular weight is 288 g/mol. The van der Waals surface area contributed by atoms with Crippen LogP contribution in [0.25, 0.3) is 0 Å². The molecule has 112 valence electrons. The molecule has 0 radical (unpaired) electrons. The fraction of sp³-hybridized carbons (Fsp3) is 0.533. The van der Waals surface area contributed by atoms with Crippen LogP contribution in [0.2, 0.25) is 0 Å². The van der Waals surface area contributed by atoms with Crippen LogP contribution in [0.5, 0.6) is 0 Å². The number of aromatic nitrogens is 1. The lowest BCUT2D eigenvalue weighted by Crippen LogP contribution is -2.43. The first-order valence-electron chi connectivity index (χ1n) is 7.04. The number of amides is 1. The summed E-state index contributed by atoms with van der Waals surface area (Å²) in [7, 11) is 0. The smallest absolute Gasteiger partial charge is 0.246 e. The van der Waals surface area contributed by atoms with Crippen LogP contribution in [0, 0.1) is 31.1 Å². The van der Waals surface area contributed by atoms with E-state index in [1.165, 1.54) is 0 Å². The van der Waals surface area contributed by atoms with Gasteiger partial charge in [-0.15, -0.1) is 0 Å². The lowest BCUT2D eigenvalue weighted by molar-refractivity contribution is -0.129. The second-order valence-electron chi connectivity index (χ2n) is 5.53. The second kappa shape index (κ2) is 6.10. The Bertz CT molecular complexity index is 586. The summed E-state index contributed by atoms with van der Waals surface area (Å²) in [6, 6.07) is 4.13. The van der Waals surface area contributed by atoms with Crippen molar-refractivity contribution in [2.45, 2.75) is 32.8 Å². The Balaban J connectivity index is 2.17. The summed E-state index contributed by atoms with van der Waals surface area (Å²) in [5.41, 5.74) is 8.22. The summed E-state index contributed by atoms with van der Waals surface area (Å²) < 4.78 is 0. The number of anilines is 1. The number of nitriles is 1. The van der Waals surface area contributed by atoms with Crippen LogP contribution in [0.4, 0.5) is 5.69 Å². The first kappa shape index (κ1) is 15.3. The maximum atomic E-state index is 11.0. The number of aliphatic hydroxyl groups excluding tert-OH is 1. The number of nitrogens with two attached hydrogens (primary N) is 1. The van der Waals surface area contributed by atoms with Crippen molar-refractivity contribution in [2.75, 3.05) is 18.0 Å². The standard InChI is InChI=1S/C15H20N4O2/c1-9-7-13(12(8-16)10(2)18-9)19-5-3-11(4-6-19)14(20)15(17)21/h7,11,14,20H,3-6H2,1-2H3,(H2,17,21)/t14-/m0/s1. The minimum absolute atomic E-state index is 0.103. The fourth-order valence-corrected chi connectivity index (χ4v) is 2.88. The Hall–Kier alpha value is -2.13. The molecule has 3 N–H and O–H groups in total. The zero-order valence-corrected chi connectivity index (χ0v) is 12.3. The van der Waals surface area contributed by atoms with Gasteiger partial charge >= 0.3 is 0 Å². The number of carbonyl (C=O) groups is 1. The molecule has 0 saturated carbocycles. The topological polar surface area (TPSA) is 103 Å². The van der Waals surface area contributed by atoms with E-state index < -0.39 is 12.0 Å². The van der Waals surface area contributed by atoms with Crippen molar-refractivity contribution in [1.82, 2.24) is 4.98 Å². The zero-order chi connectivity index (χ0) is 15.6. The predicted molar refractivity (Wildman–Crippen MR) is 78.6 cm³/mol. The fourth-order valence-electron chi connectivity index (χ4n) is 2.88. The van der Waals surface area contributed by atoms with Crippen LogP contribution in [-0.4, -0.2) is 35.2 Å². The summed E-state index contributed by atoms with van der Waals surface area (Å²) in [4.78, 5) is 17.5. The number of pyridine rings is 1. The molecule has 1 atom stereocenters. The van der Waals surface area contributed by atoms with Crippen LogP contribution in [0.3, 0.4) is 0 Å². The van der Waals surface area contributed by atoms with Crippen molar-refractivity contribution in [3.05, 3.63) is 23.0 Å². The van der Waals surface area contributed by atoms with Gasteiger partial charge in [0.1, 0.15) is 12.2 Å². The van der Waals surface area contributed by atoms with Crippen molar-refractivity contribution < 1.29 is 9.90 Å². The van der Waals surface area contributed by atoms with Gasteiger partial charge in [0.25, 0.3) is 0 Å². The van der Waals surface area contributed by atoms with Crippen LogP contribution < -0.4 is 10.6 Å². The van der Waals surface area contributed by atoms with Gasteiger partial charge in [-0.2, -0.15) is 5.26 Å². The van der Waals surface area contributed by atoms with Crippen LogP contribution >= 0.6 is 0 Å². The van der Waals surface area contributed by atoms with Gasteiger partial charge in [0.2, 0.25) is 5.91 Å². The van der Waals surface area contributed by atoms with Gasteiger partial charge in [0.05, 0.1) is 16.9 Å². The van der Waals surface area contributed by atoms with Gasteiger partial charge in [-0.3, -0.25) is 9.78 Å². The number of hydrogen-bond donors (Lipinski definition) is 2. The average Bonchev–Trinajstić information content (AvgIpc) is 2.46. The molecular formula is C15H20N4O2. The quantitative estimate of drug-likeness (QED) is 0.849. The van der Waals surface area contributed by atoms with E-state index in [9.17, 15) is 15.2 Å². The van der Waals surface area contributed by atoms with E-state index >= 15 is 0 Å². The molecule has 0 spiro atoms. The van der Waals surface area contributed by atoms with E-state index in [0.717, 1.165) is 17.1 Å². The van der Waals surface area contributed by atoms with Crippen LogP contribution in [-0.2, 0) is 4.79 Å². The lowest BCUT2D eigenvalue weighted by atomic mass is 9.90. The van der Waals surface area contributed by atoms with Crippen molar-refractivity contribution in [3.8, 4) is 6.07 Å². The molecule has 1 fully saturated rings. The van der Waals surface area contributed by atoms with E-state index in [4.69, 9.17) is 5.73 Å². The molecule has 1 aliphatic rings. The lowest BCUT2D eigenvalue weighted by Gasteiger charge is -2.35. The van der Waals surface area contributed by atoms with Gasteiger partial charge in [0.15, 0.2) is 0 Å². The van der Waals surface area contributed by atoms with Crippen molar-refractivity contribution in [3.63, 3.8) is 0 Å². The first-order valence-corrected chi connectivity index (χ1v) is 7.04. The number of nitrogens with zero attached hydrogens (tertiary/aromatic N) is 3. The predicted octanol–water partition coefficient (Wildman–Crippen LogP) is 0.633. The Kier molecular flexibility index (Phi) is 4.43. The summed E-state index contributed by atoms with van der Waals surface area (Å²) in [6.45, 7) is 5.11. The number of piperidine rings is 1. The summed E-state index contributed by atoms with van der Waals surface area (Å²) in [6.07, 6.45) is 0.272. The minimum Gasteiger partial charge on any atom is -0.383 e. The highest BCUT2D eigenvalue weighted by Crippen LogP contribution is 2.29. The third-order valence-corrected chi connectivity index (χ3v) is 4.04. The maximum absolute atomic E-state index is 11.0. The molecule has 1 aromatic heterocycles. The highest BCUT2D eigenvalue weighted by molar-refractivity contribution is 5.78. The molecule has 6 heteroatoms. The van der Waals surface area contributed by atoms with Crippen molar-refractivity contribution in [2.24, 2.45) is 11.7 Å². The van der Waals surface area contributed by atoms with Crippen LogP contribution in [0.1, 0.15) is 29.8 Å². The molecule has 0 bridgehead atoms. The van der Waals surface area contributed by atoms with E-state index in [1.807, 2.05) is 19.9 Å². The van der Waals surface area contributed by atoms with Gasteiger partial charge in [0, 0.05) is 18.8 Å². The number of aliphatic hydroxyl groups is 1. The molecule has 2 heterocycles. The Labute approximate surface area is 124 Å². The molecular weight excluding hydrogens is 268 g/mol. The third-order valence-electron chi connectivity index (χ3n) is 4.04. The molecule has 0 aliphatic carbocycles. The van der Waals surface area contributed by atoms with E-state index in [0.29, 0.717) is 31.5 Å². The SMILES string of the molecule is Cc1cc(N2CCC([C@H](O)C(N)=O)CC2)c(C#N)c(C)n1. The molecule has 2 rings (SSSR count). The summed E-state index contributed by atoms with van der Waals surface area (Å²) in [5.74, 6) is -0.768. The summed E-state index contributed by atoms with van der Waals surface area (Å²) >= 11 is 0. The highest BCUT2D eigenvalue weighted by Gasteiger charge is 2.29. The number of primary amides is 1. The van der Waals surface area contributed by atoms with Gasteiger partial charge in [-0.25, -0.2) is 0 Å². The van der Waals surface area contributed by atoms with Gasteiger partial charge in [-0.1, -0.05) is 0 Å². The first-order chi connectivity index (χ1) is 9.93. The van der Waals surface area contributed by atoms with Crippen molar-refractivity contribution in [1.29, 1.82) is 5.26 Å². The van der Waals surface area contributed by atoms with Crippen LogP contribution in [0.15, 0.2) is 6.07 Å². The van der Waals surface area contributed by atoms with Gasteiger partial charge < -0.3 is 15.7 Å². The minimum atomic E-state index is -1.08. The molecule has 1 amide bonds. The largest absolute Gasteiger partial charge is 0.383 e. The molecule has 21 heavy (non-hydrogen) atoms. The number of carbonyl (C=O) groups excluding carboxylic acids is 1. The number of rotatable bonds is 3. The zero-order valence-electron chi connectivity index (χ0n) is 12.3. The third kappa shape index (κ3) is 3.14. The molecule has 1 aromatic rings. The molecule has 6 nitrogen and oxygen atoms in total. The number of aryl methyl sites for hydroxylation is 2. The molecule has 1 saturated heterocycles. The Morgan fingerprint density at radius 2 is 2.14 bits per heavy atom. The van der Waals surface area contributed by atoms with E-state index in [2.05, 4.69) is 16.0 Å². The molecule has 0 aromatic carbocycles. The Morgan fingerprint density at radius 1 is 1.52 bits per heavy atom.